The van der Waals surface area contributed by atoms with Gasteiger partial charge in [-0.1, -0.05) is 48.5 Å². The summed E-state index contributed by atoms with van der Waals surface area (Å²) in [5, 5.41) is 4.99. The number of benzene rings is 3. The Kier molecular flexibility index (Phi) is 4.37. The highest BCUT2D eigenvalue weighted by Crippen LogP contribution is 2.24. The second kappa shape index (κ2) is 7.18. The lowest BCUT2D eigenvalue weighted by Gasteiger charge is -2.08. The number of imidazole rings is 1. The summed E-state index contributed by atoms with van der Waals surface area (Å²) in [5.74, 6) is -0.118. The average Bonchev–Trinajstić information content (AvgIpc) is 3.17. The normalized spacial score (nSPS) is 11.1. The van der Waals surface area contributed by atoms with E-state index < -0.39 is 0 Å². The number of pyridine rings is 1. The zero-order chi connectivity index (χ0) is 19.8. The zero-order valence-electron chi connectivity index (χ0n) is 15.3. The minimum absolute atomic E-state index is 0.118. The van der Waals surface area contributed by atoms with Crippen LogP contribution in [0.25, 0.3) is 27.7 Å². The van der Waals surface area contributed by atoms with Crippen molar-refractivity contribution in [1.82, 2.24) is 9.38 Å². The molecular weight excluding hydrogens is 426 g/mol. The molecule has 1 N–H and O–H groups in total. The molecule has 140 valence electrons. The minimum Gasteiger partial charge on any atom is -0.322 e. The molecule has 0 unspecified atom stereocenters. The van der Waals surface area contributed by atoms with Gasteiger partial charge in [0.15, 0.2) is 0 Å². The number of anilines is 1. The van der Waals surface area contributed by atoms with Crippen LogP contribution in [0.3, 0.4) is 0 Å². The molecule has 0 fully saturated rings. The summed E-state index contributed by atoms with van der Waals surface area (Å²) in [6.45, 7) is 0. The molecule has 2 aromatic heterocycles. The Morgan fingerprint density at radius 1 is 0.862 bits per heavy atom. The Morgan fingerprint density at radius 3 is 2.52 bits per heavy atom. The van der Waals surface area contributed by atoms with Crippen LogP contribution in [0.1, 0.15) is 10.4 Å². The summed E-state index contributed by atoms with van der Waals surface area (Å²) in [7, 11) is 0. The van der Waals surface area contributed by atoms with Crippen molar-refractivity contribution in [2.75, 3.05) is 5.32 Å². The number of amides is 1. The van der Waals surface area contributed by atoms with E-state index >= 15 is 0 Å². The number of hydrogen-bond acceptors (Lipinski definition) is 2. The fraction of sp³-hybridized carbons (Fsp3) is 0. The molecule has 5 rings (SSSR count). The van der Waals surface area contributed by atoms with Gasteiger partial charge in [-0.25, -0.2) is 4.98 Å². The zero-order valence-corrected chi connectivity index (χ0v) is 16.9. The van der Waals surface area contributed by atoms with Gasteiger partial charge in [-0.2, -0.15) is 0 Å². The molecule has 0 aliphatic rings. The van der Waals surface area contributed by atoms with Gasteiger partial charge < -0.3 is 9.72 Å². The first-order chi connectivity index (χ1) is 14.2. The first-order valence-corrected chi connectivity index (χ1v) is 10.0. The van der Waals surface area contributed by atoms with E-state index in [0.29, 0.717) is 5.56 Å². The number of hydrogen-bond donors (Lipinski definition) is 1. The van der Waals surface area contributed by atoms with Gasteiger partial charge in [0.2, 0.25) is 0 Å². The van der Waals surface area contributed by atoms with Gasteiger partial charge in [0.1, 0.15) is 5.65 Å². The standard InChI is InChI=1S/C24H16BrN3O/c25-18-10-13-23-27-22(15-28(23)14-18)17-8-11-19(12-9-17)26-24(29)21-7-3-5-16-4-1-2-6-20(16)21/h1-15H,(H,26,29). The summed E-state index contributed by atoms with van der Waals surface area (Å²) < 4.78 is 2.98. The molecule has 0 bridgehead atoms. The molecule has 0 radical (unpaired) electrons. The van der Waals surface area contributed by atoms with Crippen LogP contribution in [-0.2, 0) is 0 Å². The van der Waals surface area contributed by atoms with E-state index in [-0.39, 0.29) is 5.91 Å². The fourth-order valence-electron chi connectivity index (χ4n) is 3.45. The van der Waals surface area contributed by atoms with E-state index in [1.54, 1.807) is 0 Å². The third kappa shape index (κ3) is 3.41. The lowest BCUT2D eigenvalue weighted by molar-refractivity contribution is 0.102. The van der Waals surface area contributed by atoms with Crippen LogP contribution in [-0.4, -0.2) is 15.3 Å². The molecule has 29 heavy (non-hydrogen) atoms. The monoisotopic (exact) mass is 441 g/mol. The first kappa shape index (κ1) is 17.6. The number of rotatable bonds is 3. The molecule has 0 aliphatic heterocycles. The molecule has 1 amide bonds. The van der Waals surface area contributed by atoms with Crippen LogP contribution in [0.15, 0.2) is 95.7 Å². The van der Waals surface area contributed by atoms with Crippen molar-refractivity contribution in [3.8, 4) is 11.3 Å². The number of nitrogens with one attached hydrogen (secondary N) is 1. The maximum Gasteiger partial charge on any atom is 0.256 e. The van der Waals surface area contributed by atoms with Gasteiger partial charge in [0.05, 0.1) is 5.69 Å². The van der Waals surface area contributed by atoms with Crippen molar-refractivity contribution < 1.29 is 4.79 Å². The Bertz CT molecular complexity index is 1350. The van der Waals surface area contributed by atoms with Crippen LogP contribution in [0.2, 0.25) is 0 Å². The predicted octanol–water partition coefficient (Wildman–Crippen LogP) is 6.17. The molecule has 0 spiro atoms. The fourth-order valence-corrected chi connectivity index (χ4v) is 3.80. The summed E-state index contributed by atoms with van der Waals surface area (Å²) in [6, 6.07) is 25.3. The first-order valence-electron chi connectivity index (χ1n) is 9.21. The van der Waals surface area contributed by atoms with Crippen LogP contribution in [0.5, 0.6) is 0 Å². The topological polar surface area (TPSA) is 46.4 Å². The van der Waals surface area contributed by atoms with Crippen LogP contribution in [0.4, 0.5) is 5.69 Å². The van der Waals surface area contributed by atoms with E-state index in [1.165, 1.54) is 0 Å². The number of fused-ring (bicyclic) bond motifs is 2. The Morgan fingerprint density at radius 2 is 1.66 bits per heavy atom. The summed E-state index contributed by atoms with van der Waals surface area (Å²) in [6.07, 6.45) is 3.97. The van der Waals surface area contributed by atoms with Crippen LogP contribution in [0, 0.1) is 0 Å². The second-order valence-electron chi connectivity index (χ2n) is 6.80. The molecule has 2 heterocycles. The SMILES string of the molecule is O=C(Nc1ccc(-c2cn3cc(Br)ccc3n2)cc1)c1cccc2ccccc12. The number of carbonyl (C=O) groups excluding carboxylic acids is 1. The van der Waals surface area contributed by atoms with Crippen LogP contribution < -0.4 is 5.32 Å². The molecule has 5 aromatic rings. The number of halogens is 1. The third-order valence-electron chi connectivity index (χ3n) is 4.89. The predicted molar refractivity (Wildman–Crippen MR) is 120 cm³/mol. The molecule has 0 saturated heterocycles. The molecule has 0 aliphatic carbocycles. The van der Waals surface area contributed by atoms with Crippen molar-refractivity contribution in [2.45, 2.75) is 0 Å². The smallest absolute Gasteiger partial charge is 0.256 e. The van der Waals surface area contributed by atoms with Gasteiger partial charge in [0.25, 0.3) is 5.91 Å². The maximum absolute atomic E-state index is 12.8. The van der Waals surface area contributed by atoms with E-state index in [4.69, 9.17) is 0 Å². The van der Waals surface area contributed by atoms with Gasteiger partial charge in [0, 0.05) is 33.7 Å². The average molecular weight is 442 g/mol. The summed E-state index contributed by atoms with van der Waals surface area (Å²) in [4.78, 5) is 17.5. The van der Waals surface area contributed by atoms with E-state index in [1.807, 2.05) is 95.7 Å². The summed E-state index contributed by atoms with van der Waals surface area (Å²) in [5.41, 5.74) is 4.18. The summed E-state index contributed by atoms with van der Waals surface area (Å²) >= 11 is 3.48. The van der Waals surface area contributed by atoms with Crippen molar-refractivity contribution >= 4 is 43.9 Å². The number of carbonyl (C=O) groups is 1. The highest BCUT2D eigenvalue weighted by molar-refractivity contribution is 9.10. The van der Waals surface area contributed by atoms with Crippen molar-refractivity contribution in [3.05, 3.63) is 101 Å². The van der Waals surface area contributed by atoms with Gasteiger partial charge in [-0.15, -0.1) is 0 Å². The molecule has 4 nitrogen and oxygen atoms in total. The maximum atomic E-state index is 12.8. The Balaban J connectivity index is 1.40. The molecule has 0 saturated carbocycles. The highest BCUT2D eigenvalue weighted by atomic mass is 79.9. The Hall–Kier alpha value is -3.44. The van der Waals surface area contributed by atoms with Crippen molar-refractivity contribution in [1.29, 1.82) is 0 Å². The van der Waals surface area contributed by atoms with Gasteiger partial charge in [-0.3, -0.25) is 4.79 Å². The highest BCUT2D eigenvalue weighted by Gasteiger charge is 2.10. The Labute approximate surface area is 176 Å². The van der Waals surface area contributed by atoms with Gasteiger partial charge >= 0.3 is 0 Å². The van der Waals surface area contributed by atoms with Crippen LogP contribution >= 0.6 is 15.9 Å². The lowest BCUT2D eigenvalue weighted by Crippen LogP contribution is -2.12. The molecule has 0 atom stereocenters. The number of nitrogens with zero attached hydrogens (tertiary/aromatic N) is 2. The second-order valence-corrected chi connectivity index (χ2v) is 7.71. The number of aromatic nitrogens is 2. The molecular formula is C24H16BrN3O. The van der Waals surface area contributed by atoms with Crippen molar-refractivity contribution in [2.24, 2.45) is 0 Å². The van der Waals surface area contributed by atoms with E-state index in [9.17, 15) is 4.79 Å². The molecule has 5 heteroatoms. The lowest BCUT2D eigenvalue weighted by atomic mass is 10.0. The van der Waals surface area contributed by atoms with E-state index in [0.717, 1.165) is 37.8 Å². The largest absolute Gasteiger partial charge is 0.322 e. The quantitative estimate of drug-likeness (QED) is 0.363. The van der Waals surface area contributed by atoms with Gasteiger partial charge in [-0.05, 0) is 57.0 Å². The minimum atomic E-state index is -0.118. The third-order valence-corrected chi connectivity index (χ3v) is 5.36. The molecule has 3 aromatic carbocycles. The van der Waals surface area contributed by atoms with Crippen molar-refractivity contribution in [3.63, 3.8) is 0 Å². The van der Waals surface area contributed by atoms with E-state index in [2.05, 4.69) is 26.2 Å².